The van der Waals surface area contributed by atoms with Crippen molar-refractivity contribution in [3.63, 3.8) is 0 Å². The Morgan fingerprint density at radius 1 is 1.08 bits per heavy atom. The number of nitrogens with one attached hydrogen (secondary N) is 1. The first-order valence-electron chi connectivity index (χ1n) is 7.95. The van der Waals surface area contributed by atoms with Crippen LogP contribution in [-0.4, -0.2) is 24.6 Å². The molecule has 0 radical (unpaired) electrons. The van der Waals surface area contributed by atoms with Crippen LogP contribution in [0.25, 0.3) is 0 Å². The van der Waals surface area contributed by atoms with Crippen molar-refractivity contribution < 1.29 is 27.8 Å². The zero-order chi connectivity index (χ0) is 19.1. The minimum atomic E-state index is -3.02. The Morgan fingerprint density at radius 3 is 2.38 bits per heavy atom. The second kappa shape index (κ2) is 8.94. The number of para-hydroxylation sites is 2. The average molecular weight is 363 g/mol. The lowest BCUT2D eigenvalue weighted by molar-refractivity contribution is -0.152. The highest BCUT2D eigenvalue weighted by molar-refractivity contribution is 5.96. The van der Waals surface area contributed by atoms with Gasteiger partial charge in [0.2, 0.25) is 0 Å². The minimum absolute atomic E-state index is 0.0307. The summed E-state index contributed by atoms with van der Waals surface area (Å²) in [6.07, 6.45) is -1.06. The van der Waals surface area contributed by atoms with Gasteiger partial charge < -0.3 is 14.8 Å². The van der Waals surface area contributed by atoms with E-state index in [2.05, 4.69) is 10.1 Å². The Bertz CT molecular complexity index is 762. The number of carbonyl (C=O) groups excluding carboxylic acids is 2. The molecule has 1 unspecified atom stereocenters. The molecule has 0 fully saturated rings. The number of halogens is 2. The number of alkyl halides is 2. The van der Waals surface area contributed by atoms with Crippen LogP contribution in [0.4, 0.5) is 14.5 Å². The van der Waals surface area contributed by atoms with E-state index in [1.54, 1.807) is 18.2 Å². The monoisotopic (exact) mass is 363 g/mol. The molecule has 0 aliphatic heterocycles. The summed E-state index contributed by atoms with van der Waals surface area (Å²) in [7, 11) is 0. The zero-order valence-corrected chi connectivity index (χ0v) is 14.4. The van der Waals surface area contributed by atoms with Crippen molar-refractivity contribution in [1.29, 1.82) is 0 Å². The summed E-state index contributed by atoms with van der Waals surface area (Å²) < 4.78 is 34.2. The van der Waals surface area contributed by atoms with Crippen molar-refractivity contribution in [2.75, 3.05) is 5.32 Å². The Balaban J connectivity index is 1.93. The highest BCUT2D eigenvalue weighted by Crippen LogP contribution is 2.25. The number of ether oxygens (including phenoxy) is 2. The molecule has 0 saturated heterocycles. The van der Waals surface area contributed by atoms with Gasteiger partial charge in [-0.25, -0.2) is 0 Å². The number of anilines is 1. The van der Waals surface area contributed by atoms with Gasteiger partial charge in [0.15, 0.2) is 6.10 Å². The Morgan fingerprint density at radius 2 is 1.73 bits per heavy atom. The quantitative estimate of drug-likeness (QED) is 0.762. The summed E-state index contributed by atoms with van der Waals surface area (Å²) in [5.41, 5.74) is 1.91. The third kappa shape index (κ3) is 5.84. The summed E-state index contributed by atoms with van der Waals surface area (Å²) in [4.78, 5) is 24.1. The molecule has 26 heavy (non-hydrogen) atoms. The van der Waals surface area contributed by atoms with Gasteiger partial charge in [0, 0.05) is 0 Å². The van der Waals surface area contributed by atoms with Gasteiger partial charge >= 0.3 is 12.6 Å². The van der Waals surface area contributed by atoms with Gasteiger partial charge in [-0.15, -0.1) is 0 Å². The van der Waals surface area contributed by atoms with E-state index in [9.17, 15) is 18.4 Å². The Hall–Kier alpha value is -2.96. The molecule has 0 heterocycles. The maximum atomic E-state index is 12.4. The first kappa shape index (κ1) is 19.4. The molecule has 1 N–H and O–H groups in total. The molecule has 0 aliphatic carbocycles. The van der Waals surface area contributed by atoms with E-state index in [-0.39, 0.29) is 17.9 Å². The number of carbonyl (C=O) groups is 2. The molecule has 2 aromatic rings. The summed E-state index contributed by atoms with van der Waals surface area (Å²) in [5.74, 6) is -1.38. The third-order valence-corrected chi connectivity index (χ3v) is 3.51. The van der Waals surface area contributed by atoms with Crippen LogP contribution in [0.15, 0.2) is 48.5 Å². The fraction of sp³-hybridized carbons (Fsp3) is 0.263. The molecule has 1 atom stereocenters. The van der Waals surface area contributed by atoms with Crippen LogP contribution in [0, 0.1) is 6.92 Å². The topological polar surface area (TPSA) is 64.6 Å². The lowest BCUT2D eigenvalue weighted by atomic mass is 10.1. The predicted molar refractivity (Wildman–Crippen MR) is 92.1 cm³/mol. The number of benzene rings is 2. The highest BCUT2D eigenvalue weighted by Gasteiger charge is 2.20. The maximum Gasteiger partial charge on any atom is 0.387 e. The number of amides is 1. The molecule has 0 bridgehead atoms. The number of esters is 1. The van der Waals surface area contributed by atoms with E-state index in [0.717, 1.165) is 11.1 Å². The standard InChI is InChI=1S/C19H19F2NO4/c1-12-7-9-14(10-8-12)11-17(23)25-13(2)18(24)22-15-5-3-4-6-16(15)26-19(20)21/h3-10,13,19H,11H2,1-2H3,(H,22,24). The molecule has 138 valence electrons. The van der Waals surface area contributed by atoms with Gasteiger partial charge in [-0.1, -0.05) is 42.0 Å². The normalized spacial score (nSPS) is 11.7. The minimum Gasteiger partial charge on any atom is -0.452 e. The molecule has 2 rings (SSSR count). The van der Waals surface area contributed by atoms with Crippen LogP contribution >= 0.6 is 0 Å². The first-order chi connectivity index (χ1) is 12.3. The molecular formula is C19H19F2NO4. The lowest BCUT2D eigenvalue weighted by Crippen LogP contribution is -2.30. The van der Waals surface area contributed by atoms with Crippen molar-refractivity contribution in [1.82, 2.24) is 0 Å². The lowest BCUT2D eigenvalue weighted by Gasteiger charge is -2.15. The van der Waals surface area contributed by atoms with E-state index in [1.165, 1.54) is 25.1 Å². The fourth-order valence-electron chi connectivity index (χ4n) is 2.17. The number of hydrogen-bond acceptors (Lipinski definition) is 4. The highest BCUT2D eigenvalue weighted by atomic mass is 19.3. The molecule has 2 aromatic carbocycles. The maximum absolute atomic E-state index is 12.4. The van der Waals surface area contributed by atoms with Crippen molar-refractivity contribution in [2.24, 2.45) is 0 Å². The Labute approximate surface area is 149 Å². The smallest absolute Gasteiger partial charge is 0.387 e. The van der Waals surface area contributed by atoms with Gasteiger partial charge in [0.25, 0.3) is 5.91 Å². The molecule has 0 spiro atoms. The molecule has 5 nitrogen and oxygen atoms in total. The second-order valence-electron chi connectivity index (χ2n) is 5.66. The van der Waals surface area contributed by atoms with Crippen molar-refractivity contribution >= 4 is 17.6 Å². The third-order valence-electron chi connectivity index (χ3n) is 3.51. The predicted octanol–water partition coefficient (Wildman–Crippen LogP) is 3.71. The van der Waals surface area contributed by atoms with Crippen LogP contribution in [0.3, 0.4) is 0 Å². The molecule has 7 heteroatoms. The molecule has 0 aliphatic rings. The van der Waals surface area contributed by atoms with E-state index < -0.39 is 24.6 Å². The summed E-state index contributed by atoms with van der Waals surface area (Å²) in [6, 6.07) is 13.1. The van der Waals surface area contributed by atoms with E-state index in [4.69, 9.17) is 4.74 Å². The van der Waals surface area contributed by atoms with Crippen LogP contribution in [-0.2, 0) is 20.7 Å². The van der Waals surface area contributed by atoms with Crippen LogP contribution in [0.5, 0.6) is 5.75 Å². The van der Waals surface area contributed by atoms with Crippen molar-refractivity contribution in [3.8, 4) is 5.75 Å². The van der Waals surface area contributed by atoms with Crippen molar-refractivity contribution in [3.05, 3.63) is 59.7 Å². The van der Waals surface area contributed by atoms with Gasteiger partial charge in [-0.3, -0.25) is 9.59 Å². The largest absolute Gasteiger partial charge is 0.452 e. The average Bonchev–Trinajstić information content (AvgIpc) is 2.58. The molecule has 1 amide bonds. The van der Waals surface area contributed by atoms with E-state index in [1.807, 2.05) is 19.1 Å². The fourth-order valence-corrected chi connectivity index (χ4v) is 2.17. The second-order valence-corrected chi connectivity index (χ2v) is 5.66. The zero-order valence-electron chi connectivity index (χ0n) is 14.4. The van der Waals surface area contributed by atoms with Gasteiger partial charge in [-0.05, 0) is 31.5 Å². The molecule has 0 aromatic heterocycles. The van der Waals surface area contributed by atoms with Gasteiger partial charge in [0.05, 0.1) is 12.1 Å². The van der Waals surface area contributed by atoms with Gasteiger partial charge in [-0.2, -0.15) is 8.78 Å². The summed E-state index contributed by atoms with van der Waals surface area (Å²) >= 11 is 0. The number of rotatable bonds is 7. The first-order valence-corrected chi connectivity index (χ1v) is 7.95. The molecule has 0 saturated carbocycles. The van der Waals surface area contributed by atoms with Crippen LogP contribution < -0.4 is 10.1 Å². The summed E-state index contributed by atoms with van der Waals surface area (Å²) in [6.45, 7) is 0.320. The van der Waals surface area contributed by atoms with E-state index >= 15 is 0 Å². The Kier molecular flexibility index (Phi) is 6.66. The van der Waals surface area contributed by atoms with Gasteiger partial charge in [0.1, 0.15) is 5.75 Å². The number of hydrogen-bond donors (Lipinski definition) is 1. The van der Waals surface area contributed by atoms with E-state index in [0.29, 0.717) is 0 Å². The number of aryl methyl sites for hydroxylation is 1. The van der Waals surface area contributed by atoms with Crippen LogP contribution in [0.1, 0.15) is 18.1 Å². The SMILES string of the molecule is Cc1ccc(CC(=O)OC(C)C(=O)Nc2ccccc2OC(F)F)cc1. The van der Waals surface area contributed by atoms with Crippen LogP contribution in [0.2, 0.25) is 0 Å². The summed E-state index contributed by atoms with van der Waals surface area (Å²) in [5, 5.41) is 2.42. The molecular weight excluding hydrogens is 344 g/mol. The van der Waals surface area contributed by atoms with Crippen molar-refractivity contribution in [2.45, 2.75) is 33.0 Å².